The predicted molar refractivity (Wildman–Crippen MR) is 111 cm³/mol. The molecule has 0 aromatic heterocycles. The van der Waals surface area contributed by atoms with Crippen LogP contribution in [0.3, 0.4) is 0 Å². The smallest absolute Gasteiger partial charge is 0.206 e. The van der Waals surface area contributed by atoms with Crippen LogP contribution in [-0.4, -0.2) is 44.7 Å². The zero-order valence-electron chi connectivity index (χ0n) is 16.4. The third kappa shape index (κ3) is 12.5. The molecule has 0 spiro atoms. The lowest BCUT2D eigenvalue weighted by atomic mass is 10.4. The lowest BCUT2D eigenvalue weighted by molar-refractivity contribution is -0.0446. The van der Waals surface area contributed by atoms with Crippen molar-refractivity contribution in [3.63, 3.8) is 0 Å². The van der Waals surface area contributed by atoms with Gasteiger partial charge in [0.2, 0.25) is 0 Å². The molecule has 0 heterocycles. The van der Waals surface area contributed by atoms with Crippen LogP contribution in [0.2, 0.25) is 0 Å². The van der Waals surface area contributed by atoms with E-state index in [0.29, 0.717) is 4.13 Å². The van der Waals surface area contributed by atoms with Gasteiger partial charge in [-0.15, -0.1) is 0 Å². The third-order valence-electron chi connectivity index (χ3n) is 2.76. The van der Waals surface area contributed by atoms with E-state index in [1.54, 1.807) is 0 Å². The van der Waals surface area contributed by atoms with Crippen LogP contribution in [0.4, 0.5) is 26.3 Å². The third-order valence-corrected chi connectivity index (χ3v) is 8.87. The fourth-order valence-corrected chi connectivity index (χ4v) is 6.01. The van der Waals surface area contributed by atoms with Gasteiger partial charge in [0, 0.05) is 10.7 Å². The van der Waals surface area contributed by atoms with Gasteiger partial charge in [0.05, 0.1) is 4.90 Å². The van der Waals surface area contributed by atoms with Crippen LogP contribution in [0, 0.1) is 0 Å². The maximum atomic E-state index is 12.0. The van der Waals surface area contributed by atoms with Crippen LogP contribution in [0.25, 0.3) is 0 Å². The number of sulfonamides is 3. The number of benzene rings is 2. The Bertz CT molecular complexity index is 1340. The van der Waals surface area contributed by atoms with Crippen molar-refractivity contribution < 1.29 is 60.0 Å². The monoisotopic (exact) mass is 614 g/mol. The number of nitrogens with one attached hydrogen (secondary N) is 2. The Balaban J connectivity index is 0.000000554. The molecule has 0 saturated heterocycles. The van der Waals surface area contributed by atoms with E-state index in [0.717, 1.165) is 12.1 Å². The highest BCUT2D eigenvalue weighted by Crippen LogP contribution is 2.24. The first kappa shape index (κ1) is 33.0. The Morgan fingerprint density at radius 2 is 0.829 bits per heavy atom. The zero-order chi connectivity index (χ0) is 27.8. The van der Waals surface area contributed by atoms with Gasteiger partial charge in [0.25, 0.3) is 10.0 Å². The number of hydrogen-bond donors (Lipinski definition) is 2. The van der Waals surface area contributed by atoms with Crippen molar-refractivity contribution in [1.82, 2.24) is 8.25 Å². The minimum absolute atomic E-state index is 0.220. The summed E-state index contributed by atoms with van der Waals surface area (Å²) in [5, 5.41) is 0. The Labute approximate surface area is 200 Å². The van der Waals surface area contributed by atoms with Gasteiger partial charge in [-0.3, -0.25) is 0 Å². The van der Waals surface area contributed by atoms with Gasteiger partial charge >= 0.3 is 40.3 Å². The molecule has 2 aromatic rings. The summed E-state index contributed by atoms with van der Waals surface area (Å²) in [5.74, 6) is 0. The van der Waals surface area contributed by atoms with E-state index < -0.39 is 55.2 Å². The summed E-state index contributed by atoms with van der Waals surface area (Å²) in [4.78, 5) is -0.576. The van der Waals surface area contributed by atoms with Crippen molar-refractivity contribution in [1.29, 1.82) is 0 Å². The molecule has 35 heavy (non-hydrogen) atoms. The van der Waals surface area contributed by atoms with E-state index in [9.17, 15) is 60.0 Å². The van der Waals surface area contributed by atoms with E-state index in [2.05, 4.69) is 10.7 Å². The summed E-state index contributed by atoms with van der Waals surface area (Å²) in [6, 6.07) is 17.9. The molecule has 0 aliphatic heterocycles. The molecular weight excluding hydrogens is 602 g/mol. The van der Waals surface area contributed by atoms with Gasteiger partial charge < -0.3 is 0 Å². The van der Waals surface area contributed by atoms with E-state index in [4.69, 9.17) is 0 Å². The second kappa shape index (κ2) is 12.3. The Kier molecular flexibility index (Phi) is 11.6. The fraction of sp³-hybridized carbons (Fsp3) is 0.143. The molecule has 0 aliphatic carbocycles. The lowest BCUT2D eigenvalue weighted by Crippen LogP contribution is -2.40. The number of halogens is 7. The first-order valence-corrected chi connectivity index (χ1v) is 14.7. The number of hydrogen-bond acceptors (Lipinski definition) is 8. The average molecular weight is 615 g/mol. The Hall–Kier alpha value is -1.97. The fourth-order valence-electron chi connectivity index (χ4n) is 1.40. The molecule has 10 nitrogen and oxygen atoms in total. The standard InChI is InChI=1S/C7H6F3NO4S2.C6H6.CHClF3NO4S2/c8-7(9,10)17(14,15)11-16(12,13)6-4-2-1-3-5-6;1-2-4-6-5-3-1;2-12(9,10)6-11(7,8)1(3,4)5/h1-5,11H;1-6H;6H. The normalized spacial score (nSPS) is 13.0. The maximum absolute atomic E-state index is 12.0. The summed E-state index contributed by atoms with van der Waals surface area (Å²) in [6.07, 6.45) is 0. The number of alkyl halides is 6. The second-order valence-corrected chi connectivity index (χ2v) is 13.3. The molecule has 0 bridgehead atoms. The first-order chi connectivity index (χ1) is 15.5. The molecule has 200 valence electrons. The molecule has 21 heteroatoms. The second-order valence-electron chi connectivity index (χ2n) is 5.47. The van der Waals surface area contributed by atoms with Gasteiger partial charge in [-0.2, -0.15) is 34.8 Å². The maximum Gasteiger partial charge on any atom is 0.512 e. The predicted octanol–water partition coefficient (Wildman–Crippen LogP) is 2.41. The van der Waals surface area contributed by atoms with Gasteiger partial charge in [-0.1, -0.05) is 62.9 Å². The van der Waals surface area contributed by atoms with E-state index in [-0.39, 0.29) is 4.13 Å². The molecule has 2 N–H and O–H groups in total. The van der Waals surface area contributed by atoms with Crippen LogP contribution in [0.5, 0.6) is 0 Å². The van der Waals surface area contributed by atoms with Crippen LogP contribution in [0.15, 0.2) is 71.6 Å². The minimum atomic E-state index is -5.94. The topological polar surface area (TPSA) is 161 Å². The molecule has 0 unspecified atom stereocenters. The van der Waals surface area contributed by atoms with Crippen molar-refractivity contribution in [3.05, 3.63) is 66.7 Å². The van der Waals surface area contributed by atoms with Crippen molar-refractivity contribution in [2.45, 2.75) is 15.9 Å². The molecule has 2 aromatic carbocycles. The Morgan fingerprint density at radius 1 is 0.543 bits per heavy atom. The summed E-state index contributed by atoms with van der Waals surface area (Å²) < 4.78 is 154. The van der Waals surface area contributed by atoms with Crippen LogP contribution in [0.1, 0.15) is 0 Å². The van der Waals surface area contributed by atoms with Crippen molar-refractivity contribution >= 4 is 50.0 Å². The van der Waals surface area contributed by atoms with E-state index in [1.807, 2.05) is 36.4 Å². The molecule has 0 saturated carbocycles. The zero-order valence-corrected chi connectivity index (χ0v) is 20.4. The average Bonchev–Trinajstić information content (AvgIpc) is 2.67. The van der Waals surface area contributed by atoms with Crippen molar-refractivity contribution in [2.75, 3.05) is 0 Å². The summed E-state index contributed by atoms with van der Waals surface area (Å²) in [7, 11) is -17.4. The number of rotatable bonds is 5. The summed E-state index contributed by atoms with van der Waals surface area (Å²) in [5.41, 5.74) is -11.4. The van der Waals surface area contributed by atoms with Crippen molar-refractivity contribution in [3.8, 4) is 0 Å². The summed E-state index contributed by atoms with van der Waals surface area (Å²) >= 11 is 0. The summed E-state index contributed by atoms with van der Waals surface area (Å²) in [6.45, 7) is 0. The highest BCUT2D eigenvalue weighted by atomic mass is 35.7. The minimum Gasteiger partial charge on any atom is -0.206 e. The van der Waals surface area contributed by atoms with Gasteiger partial charge in [0.15, 0.2) is 0 Å². The highest BCUT2D eigenvalue weighted by molar-refractivity contribution is 8.19. The molecule has 0 atom stereocenters. The molecule has 2 rings (SSSR count). The highest BCUT2D eigenvalue weighted by Gasteiger charge is 2.49. The largest absolute Gasteiger partial charge is 0.512 e. The van der Waals surface area contributed by atoms with Crippen LogP contribution >= 0.6 is 10.7 Å². The van der Waals surface area contributed by atoms with Gasteiger partial charge in [0.1, 0.15) is 0 Å². The molecule has 0 fully saturated rings. The SMILES string of the molecule is O=S(=O)(Cl)NS(=O)(=O)C(F)(F)F.O=S(=O)(NS(=O)(=O)C(F)(F)F)c1ccccc1.c1ccccc1. The van der Waals surface area contributed by atoms with Crippen molar-refractivity contribution in [2.24, 2.45) is 0 Å². The molecule has 0 aliphatic rings. The van der Waals surface area contributed by atoms with Gasteiger partial charge in [-0.25, -0.2) is 25.3 Å². The first-order valence-electron chi connectivity index (χ1n) is 7.96. The molecule has 0 amide bonds. The van der Waals surface area contributed by atoms with E-state index in [1.165, 1.54) is 18.2 Å². The van der Waals surface area contributed by atoms with E-state index >= 15 is 0 Å². The quantitative estimate of drug-likeness (QED) is 0.383. The lowest BCUT2D eigenvalue weighted by Gasteiger charge is -2.09. The van der Waals surface area contributed by atoms with Gasteiger partial charge in [-0.05, 0) is 12.1 Å². The molecular formula is C14H13ClF6N2O8S4. The van der Waals surface area contributed by atoms with Crippen LogP contribution < -0.4 is 8.25 Å². The Morgan fingerprint density at radius 3 is 1.09 bits per heavy atom. The van der Waals surface area contributed by atoms with Crippen LogP contribution in [-0.2, 0) is 39.3 Å². The molecule has 0 radical (unpaired) electrons.